The van der Waals surface area contributed by atoms with E-state index in [-0.39, 0.29) is 12.1 Å². The largest absolute Gasteiger partial charge is 0.493 e. The predicted octanol–water partition coefficient (Wildman–Crippen LogP) is 1.86. The van der Waals surface area contributed by atoms with E-state index < -0.39 is 0 Å². The molecule has 1 saturated carbocycles. The molecule has 2 unspecified atom stereocenters. The lowest BCUT2D eigenvalue weighted by Gasteiger charge is -2.31. The number of hydrogen-bond acceptors (Lipinski definition) is 5. The number of hydrogen-bond donors (Lipinski definition) is 1. The Labute approximate surface area is 124 Å². The minimum absolute atomic E-state index is 0.240. The molecule has 2 bridgehead atoms. The van der Waals surface area contributed by atoms with Crippen molar-refractivity contribution < 1.29 is 19.0 Å². The molecule has 1 saturated heterocycles. The van der Waals surface area contributed by atoms with Crippen molar-refractivity contribution in [3.05, 3.63) is 23.8 Å². The smallest absolute Gasteiger partial charge is 0.337 e. The number of carbonyl (C=O) groups is 1. The molecular formula is C16H21NO4. The van der Waals surface area contributed by atoms with Gasteiger partial charge in [0.2, 0.25) is 0 Å². The average Bonchev–Trinajstić information content (AvgIpc) is 2.75. The van der Waals surface area contributed by atoms with E-state index in [1.165, 1.54) is 20.0 Å². The van der Waals surface area contributed by atoms with E-state index in [0.717, 1.165) is 13.1 Å². The maximum atomic E-state index is 11.6. The quantitative estimate of drug-likeness (QED) is 0.858. The summed E-state index contributed by atoms with van der Waals surface area (Å²) >= 11 is 0. The summed E-state index contributed by atoms with van der Waals surface area (Å²) in [6.45, 7) is 2.04. The minimum atomic E-state index is -0.373. The van der Waals surface area contributed by atoms with Crippen LogP contribution in [0.25, 0.3) is 0 Å². The molecule has 21 heavy (non-hydrogen) atoms. The predicted molar refractivity (Wildman–Crippen MR) is 77.8 cm³/mol. The Hall–Kier alpha value is -1.75. The van der Waals surface area contributed by atoms with Crippen molar-refractivity contribution in [3.63, 3.8) is 0 Å². The SMILES string of the molecule is COC(=O)c1ccc(OC2C3CCC2CNC3)c(OC)c1. The van der Waals surface area contributed by atoms with Crippen LogP contribution in [0.5, 0.6) is 11.5 Å². The van der Waals surface area contributed by atoms with Crippen LogP contribution in [-0.4, -0.2) is 39.4 Å². The lowest BCUT2D eigenvalue weighted by Crippen LogP contribution is -2.44. The fourth-order valence-electron chi connectivity index (χ4n) is 3.38. The first-order valence-electron chi connectivity index (χ1n) is 7.36. The van der Waals surface area contributed by atoms with Crippen LogP contribution in [0.1, 0.15) is 23.2 Å². The monoisotopic (exact) mass is 291 g/mol. The third-order valence-corrected chi connectivity index (χ3v) is 4.50. The van der Waals surface area contributed by atoms with Crippen molar-refractivity contribution in [3.8, 4) is 11.5 Å². The van der Waals surface area contributed by atoms with E-state index in [1.807, 2.05) is 0 Å². The Kier molecular flexibility index (Phi) is 4.01. The van der Waals surface area contributed by atoms with Gasteiger partial charge in [0, 0.05) is 24.9 Å². The molecule has 2 atom stereocenters. The molecule has 1 aliphatic heterocycles. The lowest BCUT2D eigenvalue weighted by molar-refractivity contribution is 0.0599. The highest BCUT2D eigenvalue weighted by Crippen LogP contribution is 2.39. The van der Waals surface area contributed by atoms with E-state index in [2.05, 4.69) is 5.32 Å². The molecule has 1 aromatic rings. The Morgan fingerprint density at radius 3 is 2.48 bits per heavy atom. The number of benzene rings is 1. The summed E-state index contributed by atoms with van der Waals surface area (Å²) < 4.78 is 16.3. The zero-order valence-electron chi connectivity index (χ0n) is 12.4. The van der Waals surface area contributed by atoms with Crippen LogP contribution in [0.15, 0.2) is 18.2 Å². The molecule has 114 valence electrons. The number of nitrogens with one attached hydrogen (secondary N) is 1. The Bertz CT molecular complexity index is 515. The van der Waals surface area contributed by atoms with Gasteiger partial charge in [0.25, 0.3) is 0 Å². The minimum Gasteiger partial charge on any atom is -0.493 e. The zero-order valence-corrected chi connectivity index (χ0v) is 12.4. The molecule has 1 heterocycles. The van der Waals surface area contributed by atoms with Gasteiger partial charge >= 0.3 is 5.97 Å². The van der Waals surface area contributed by atoms with Crippen LogP contribution in [0, 0.1) is 11.8 Å². The zero-order chi connectivity index (χ0) is 14.8. The van der Waals surface area contributed by atoms with Gasteiger partial charge in [-0.15, -0.1) is 0 Å². The van der Waals surface area contributed by atoms with Gasteiger partial charge in [0.15, 0.2) is 11.5 Å². The van der Waals surface area contributed by atoms with Crippen LogP contribution in [0.3, 0.4) is 0 Å². The van der Waals surface area contributed by atoms with Gasteiger partial charge in [-0.2, -0.15) is 0 Å². The van der Waals surface area contributed by atoms with Crippen LogP contribution >= 0.6 is 0 Å². The number of methoxy groups -OCH3 is 2. The van der Waals surface area contributed by atoms with Gasteiger partial charge in [-0.05, 0) is 31.0 Å². The molecule has 1 N–H and O–H groups in total. The summed E-state index contributed by atoms with van der Waals surface area (Å²) in [4.78, 5) is 11.6. The van der Waals surface area contributed by atoms with Crippen molar-refractivity contribution in [2.45, 2.75) is 18.9 Å². The second kappa shape index (κ2) is 5.93. The molecular weight excluding hydrogens is 270 g/mol. The fourth-order valence-corrected chi connectivity index (χ4v) is 3.38. The Morgan fingerprint density at radius 2 is 1.86 bits per heavy atom. The summed E-state index contributed by atoms with van der Waals surface area (Å²) in [6, 6.07) is 5.18. The number of fused-ring (bicyclic) bond motifs is 2. The van der Waals surface area contributed by atoms with Crippen molar-refractivity contribution >= 4 is 5.97 Å². The third-order valence-electron chi connectivity index (χ3n) is 4.50. The third kappa shape index (κ3) is 2.70. The summed E-state index contributed by atoms with van der Waals surface area (Å²) in [5, 5.41) is 3.45. The molecule has 5 nitrogen and oxygen atoms in total. The van der Waals surface area contributed by atoms with E-state index in [9.17, 15) is 4.79 Å². The average molecular weight is 291 g/mol. The molecule has 1 aliphatic carbocycles. The second-order valence-corrected chi connectivity index (χ2v) is 5.70. The van der Waals surface area contributed by atoms with Crippen LogP contribution < -0.4 is 14.8 Å². The van der Waals surface area contributed by atoms with Gasteiger partial charge in [-0.1, -0.05) is 0 Å². The van der Waals surface area contributed by atoms with Crippen molar-refractivity contribution in [2.75, 3.05) is 27.3 Å². The van der Waals surface area contributed by atoms with Gasteiger partial charge < -0.3 is 19.5 Å². The molecule has 2 aliphatic rings. The van der Waals surface area contributed by atoms with E-state index in [4.69, 9.17) is 14.2 Å². The summed E-state index contributed by atoms with van der Waals surface area (Å²) in [6.07, 6.45) is 2.67. The molecule has 5 heteroatoms. The van der Waals surface area contributed by atoms with Crippen molar-refractivity contribution in [2.24, 2.45) is 11.8 Å². The highest BCUT2D eigenvalue weighted by molar-refractivity contribution is 5.90. The highest BCUT2D eigenvalue weighted by Gasteiger charge is 2.40. The maximum absolute atomic E-state index is 11.6. The number of rotatable bonds is 4. The lowest BCUT2D eigenvalue weighted by atomic mass is 9.96. The molecule has 0 amide bonds. The first kappa shape index (κ1) is 14.2. The van der Waals surface area contributed by atoms with Crippen LogP contribution in [0.2, 0.25) is 0 Å². The second-order valence-electron chi connectivity index (χ2n) is 5.70. The Balaban J connectivity index is 1.80. The fraction of sp³-hybridized carbons (Fsp3) is 0.562. The van der Waals surface area contributed by atoms with E-state index in [1.54, 1.807) is 25.3 Å². The molecule has 3 rings (SSSR count). The molecule has 2 fully saturated rings. The number of ether oxygens (including phenoxy) is 3. The van der Waals surface area contributed by atoms with Crippen LogP contribution in [-0.2, 0) is 4.74 Å². The van der Waals surface area contributed by atoms with Gasteiger partial charge in [-0.3, -0.25) is 0 Å². The molecule has 0 aromatic heterocycles. The first-order chi connectivity index (χ1) is 10.2. The molecule has 1 aromatic carbocycles. The molecule has 0 radical (unpaired) electrons. The topological polar surface area (TPSA) is 56.8 Å². The number of carbonyl (C=O) groups excluding carboxylic acids is 1. The first-order valence-corrected chi connectivity index (χ1v) is 7.36. The normalized spacial score (nSPS) is 27.2. The highest BCUT2D eigenvalue weighted by atomic mass is 16.5. The summed E-state index contributed by atoms with van der Waals surface area (Å²) in [5.41, 5.74) is 0.468. The summed E-state index contributed by atoms with van der Waals surface area (Å²) in [7, 11) is 2.95. The van der Waals surface area contributed by atoms with Gasteiger partial charge in [0.05, 0.1) is 19.8 Å². The summed E-state index contributed by atoms with van der Waals surface area (Å²) in [5.74, 6) is 2.04. The van der Waals surface area contributed by atoms with Crippen molar-refractivity contribution in [1.82, 2.24) is 5.32 Å². The molecule has 0 spiro atoms. The van der Waals surface area contributed by atoms with Gasteiger partial charge in [0.1, 0.15) is 6.10 Å². The van der Waals surface area contributed by atoms with Crippen LogP contribution in [0.4, 0.5) is 0 Å². The van der Waals surface area contributed by atoms with Crippen molar-refractivity contribution in [1.29, 1.82) is 0 Å². The maximum Gasteiger partial charge on any atom is 0.337 e. The number of esters is 1. The number of piperidine rings is 1. The van der Waals surface area contributed by atoms with E-state index >= 15 is 0 Å². The van der Waals surface area contributed by atoms with Gasteiger partial charge in [-0.25, -0.2) is 4.79 Å². The van der Waals surface area contributed by atoms with E-state index in [0.29, 0.717) is 28.9 Å². The standard InChI is InChI=1S/C16H21NO4/c1-19-14-7-10(16(18)20-2)5-6-13(14)21-15-11-3-4-12(15)9-17-8-11/h5-7,11-12,15,17H,3-4,8-9H2,1-2H3. The Morgan fingerprint density at radius 1 is 1.14 bits per heavy atom.